The van der Waals surface area contributed by atoms with Crippen LogP contribution in [-0.4, -0.2) is 37.5 Å². The Morgan fingerprint density at radius 3 is 2.24 bits per heavy atom. The maximum Gasteiger partial charge on any atom is 0.416 e. The van der Waals surface area contributed by atoms with Gasteiger partial charge in [-0.05, 0) is 48.4 Å². The average Bonchev–Trinajstić information content (AvgIpc) is 2.76. The molecule has 2 amide bonds. The summed E-state index contributed by atoms with van der Waals surface area (Å²) in [6.07, 6.45) is -4.62. The van der Waals surface area contributed by atoms with Crippen molar-refractivity contribution in [3.8, 4) is 5.75 Å². The number of methoxy groups -OCH3 is 1. The summed E-state index contributed by atoms with van der Waals surface area (Å²) in [6.45, 7) is 2.55. The van der Waals surface area contributed by atoms with Gasteiger partial charge in [0.1, 0.15) is 11.8 Å². The van der Waals surface area contributed by atoms with Gasteiger partial charge in [0.15, 0.2) is 6.61 Å². The number of alkyl halides is 3. The molecule has 33 heavy (non-hydrogen) atoms. The van der Waals surface area contributed by atoms with Crippen molar-refractivity contribution in [2.45, 2.75) is 26.1 Å². The summed E-state index contributed by atoms with van der Waals surface area (Å²) < 4.78 is 48.5. The first-order valence-corrected chi connectivity index (χ1v) is 10.1. The van der Waals surface area contributed by atoms with Gasteiger partial charge in [0, 0.05) is 5.56 Å². The highest BCUT2D eigenvalue weighted by molar-refractivity contribution is 6.33. The molecule has 178 valence electrons. The Bertz CT molecular complexity index is 1010. The summed E-state index contributed by atoms with van der Waals surface area (Å²) in [5.74, 6) is -2.13. The number of hydrogen-bond donors (Lipinski definition) is 2. The topological polar surface area (TPSA) is 93.7 Å². The minimum atomic E-state index is -4.62. The van der Waals surface area contributed by atoms with Crippen LogP contribution in [0.5, 0.6) is 5.75 Å². The van der Waals surface area contributed by atoms with Gasteiger partial charge in [-0.15, -0.1) is 0 Å². The SMILES string of the molecule is COc1ccc(C(=O)NC(C(=O)OCC(=O)Nc2cc(C(F)(F)F)ccc2Cl)C(C)C)cc1. The Morgan fingerprint density at radius 1 is 1.06 bits per heavy atom. The lowest BCUT2D eigenvalue weighted by Gasteiger charge is -2.21. The molecule has 0 radical (unpaired) electrons. The highest BCUT2D eigenvalue weighted by Crippen LogP contribution is 2.33. The van der Waals surface area contributed by atoms with Crippen molar-refractivity contribution in [2.75, 3.05) is 19.0 Å². The van der Waals surface area contributed by atoms with Crippen LogP contribution in [0.1, 0.15) is 29.8 Å². The molecule has 0 saturated heterocycles. The summed E-state index contributed by atoms with van der Waals surface area (Å²) in [7, 11) is 1.48. The van der Waals surface area contributed by atoms with Crippen molar-refractivity contribution in [3.05, 3.63) is 58.6 Å². The molecule has 0 aliphatic heterocycles. The summed E-state index contributed by atoms with van der Waals surface area (Å²) in [5, 5.41) is 4.60. The molecular weight excluding hydrogens is 465 g/mol. The minimum Gasteiger partial charge on any atom is -0.497 e. The predicted molar refractivity (Wildman–Crippen MR) is 115 cm³/mol. The van der Waals surface area contributed by atoms with Crippen LogP contribution in [0.2, 0.25) is 5.02 Å². The molecule has 1 unspecified atom stereocenters. The molecule has 0 heterocycles. The number of carbonyl (C=O) groups is 3. The van der Waals surface area contributed by atoms with E-state index in [0.717, 1.165) is 12.1 Å². The zero-order valence-electron chi connectivity index (χ0n) is 18.0. The molecule has 2 rings (SSSR count). The molecule has 0 fully saturated rings. The fraction of sp³-hybridized carbons (Fsp3) is 0.318. The van der Waals surface area contributed by atoms with Crippen molar-refractivity contribution >= 4 is 35.1 Å². The number of amides is 2. The zero-order valence-corrected chi connectivity index (χ0v) is 18.7. The van der Waals surface area contributed by atoms with Gasteiger partial charge in [0.2, 0.25) is 0 Å². The molecular formula is C22H22ClF3N2O5. The van der Waals surface area contributed by atoms with E-state index in [2.05, 4.69) is 10.6 Å². The first kappa shape index (κ1) is 26.0. The minimum absolute atomic E-state index is 0.116. The lowest BCUT2D eigenvalue weighted by atomic mass is 10.0. The predicted octanol–water partition coefficient (Wildman–Crippen LogP) is 4.30. The number of rotatable bonds is 8. The maximum atomic E-state index is 12.9. The smallest absolute Gasteiger partial charge is 0.416 e. The molecule has 7 nitrogen and oxygen atoms in total. The number of ether oxygens (including phenoxy) is 2. The van der Waals surface area contributed by atoms with Crippen LogP contribution in [0.3, 0.4) is 0 Å². The number of nitrogens with one attached hydrogen (secondary N) is 2. The summed E-state index contributed by atoms with van der Waals surface area (Å²) in [6, 6.07) is 7.58. The van der Waals surface area contributed by atoms with Crippen molar-refractivity contribution in [1.29, 1.82) is 0 Å². The van der Waals surface area contributed by atoms with Crippen molar-refractivity contribution < 1.29 is 37.0 Å². The second-order valence-electron chi connectivity index (χ2n) is 7.27. The number of benzene rings is 2. The van der Waals surface area contributed by atoms with E-state index in [1.54, 1.807) is 26.0 Å². The van der Waals surface area contributed by atoms with Crippen molar-refractivity contribution in [2.24, 2.45) is 5.92 Å². The van der Waals surface area contributed by atoms with E-state index in [-0.39, 0.29) is 22.2 Å². The quantitative estimate of drug-likeness (QED) is 0.542. The summed E-state index contributed by atoms with van der Waals surface area (Å²) >= 11 is 5.83. The molecule has 0 spiro atoms. The van der Waals surface area contributed by atoms with Crippen molar-refractivity contribution in [1.82, 2.24) is 5.32 Å². The summed E-state index contributed by atoms with van der Waals surface area (Å²) in [4.78, 5) is 37.0. The summed E-state index contributed by atoms with van der Waals surface area (Å²) in [5.41, 5.74) is -0.993. The normalized spacial score (nSPS) is 12.1. The zero-order chi connectivity index (χ0) is 24.8. The fourth-order valence-electron chi connectivity index (χ4n) is 2.67. The second-order valence-corrected chi connectivity index (χ2v) is 7.68. The standard InChI is InChI=1S/C22H22ClF3N2O5/c1-12(2)19(28-20(30)13-4-7-15(32-3)8-5-13)21(31)33-11-18(29)27-17-10-14(22(24,25)26)6-9-16(17)23/h4-10,12,19H,11H2,1-3H3,(H,27,29)(H,28,30). The van der Waals surface area contributed by atoms with Crippen molar-refractivity contribution in [3.63, 3.8) is 0 Å². The van der Waals surface area contributed by atoms with Crippen LogP contribution in [-0.2, 0) is 20.5 Å². The molecule has 0 aromatic heterocycles. The third kappa shape index (κ3) is 7.38. The molecule has 0 saturated carbocycles. The van der Waals surface area contributed by atoms with Crippen LogP contribution in [0, 0.1) is 5.92 Å². The highest BCUT2D eigenvalue weighted by Gasteiger charge is 2.31. The van der Waals surface area contributed by atoms with Gasteiger partial charge >= 0.3 is 12.1 Å². The Morgan fingerprint density at radius 2 is 1.70 bits per heavy atom. The number of carbonyl (C=O) groups excluding carboxylic acids is 3. The third-order valence-electron chi connectivity index (χ3n) is 4.47. The van der Waals surface area contributed by atoms with Gasteiger partial charge in [0.25, 0.3) is 11.8 Å². The largest absolute Gasteiger partial charge is 0.497 e. The Balaban J connectivity index is 1.99. The van der Waals surface area contributed by atoms with E-state index in [0.29, 0.717) is 11.8 Å². The van der Waals surface area contributed by atoms with E-state index >= 15 is 0 Å². The van der Waals surface area contributed by atoms with E-state index in [1.807, 2.05) is 0 Å². The van der Waals surface area contributed by atoms with Gasteiger partial charge in [-0.2, -0.15) is 13.2 Å². The molecule has 11 heteroatoms. The molecule has 0 aliphatic carbocycles. The van der Waals surface area contributed by atoms with Gasteiger partial charge in [-0.1, -0.05) is 25.4 Å². The second kappa shape index (κ2) is 11.0. The average molecular weight is 487 g/mol. The van der Waals surface area contributed by atoms with E-state index in [9.17, 15) is 27.6 Å². The number of halogens is 4. The number of esters is 1. The number of anilines is 1. The van der Waals surface area contributed by atoms with Crippen LogP contribution in [0.4, 0.5) is 18.9 Å². The Hall–Kier alpha value is -3.27. The first-order valence-electron chi connectivity index (χ1n) is 9.70. The molecule has 0 aliphatic rings. The number of hydrogen-bond acceptors (Lipinski definition) is 5. The van der Waals surface area contributed by atoms with Gasteiger partial charge in [-0.3, -0.25) is 9.59 Å². The van der Waals surface area contributed by atoms with Crippen LogP contribution in [0.25, 0.3) is 0 Å². The molecule has 2 aromatic rings. The maximum absolute atomic E-state index is 12.9. The molecule has 0 bridgehead atoms. The van der Waals surface area contributed by atoms with Crippen LogP contribution in [0.15, 0.2) is 42.5 Å². The molecule has 2 aromatic carbocycles. The lowest BCUT2D eigenvalue weighted by Crippen LogP contribution is -2.45. The first-order chi connectivity index (χ1) is 15.4. The van der Waals surface area contributed by atoms with E-state index in [4.69, 9.17) is 21.1 Å². The van der Waals surface area contributed by atoms with Crippen LogP contribution >= 0.6 is 11.6 Å². The Labute approximate surface area is 193 Å². The third-order valence-corrected chi connectivity index (χ3v) is 4.80. The molecule has 2 N–H and O–H groups in total. The van der Waals surface area contributed by atoms with E-state index in [1.165, 1.54) is 19.2 Å². The molecule has 1 atom stereocenters. The Kier molecular flexibility index (Phi) is 8.69. The van der Waals surface area contributed by atoms with Gasteiger partial charge < -0.3 is 20.1 Å². The van der Waals surface area contributed by atoms with E-state index < -0.39 is 42.2 Å². The highest BCUT2D eigenvalue weighted by atomic mass is 35.5. The lowest BCUT2D eigenvalue weighted by molar-refractivity contribution is -0.150. The van der Waals surface area contributed by atoms with Gasteiger partial charge in [0.05, 0.1) is 23.4 Å². The monoisotopic (exact) mass is 486 g/mol. The fourth-order valence-corrected chi connectivity index (χ4v) is 2.84. The van der Waals surface area contributed by atoms with Crippen LogP contribution < -0.4 is 15.4 Å². The van der Waals surface area contributed by atoms with Gasteiger partial charge in [-0.25, -0.2) is 4.79 Å².